The van der Waals surface area contributed by atoms with E-state index in [-0.39, 0.29) is 29.6 Å². The number of nitrogens with one attached hydrogen (secondary N) is 1. The first-order valence-corrected chi connectivity index (χ1v) is 9.12. The molecule has 0 radical (unpaired) electrons. The predicted octanol–water partition coefficient (Wildman–Crippen LogP) is 2.53. The molecule has 1 aliphatic heterocycles. The van der Waals surface area contributed by atoms with E-state index in [1.54, 1.807) is 41.6 Å². The van der Waals surface area contributed by atoms with Gasteiger partial charge in [-0.05, 0) is 36.2 Å². The maximum Gasteiger partial charge on any atom is 0.251 e. The van der Waals surface area contributed by atoms with E-state index >= 15 is 0 Å². The Bertz CT molecular complexity index is 1050. The average molecular weight is 378 g/mol. The number of aromatic amines is 1. The van der Waals surface area contributed by atoms with Crippen molar-refractivity contribution in [2.75, 3.05) is 13.1 Å². The van der Waals surface area contributed by atoms with Crippen LogP contribution in [0, 0.1) is 5.82 Å². The quantitative estimate of drug-likeness (QED) is 0.757. The highest BCUT2D eigenvalue weighted by Gasteiger charge is 2.28. The molecule has 0 saturated carbocycles. The van der Waals surface area contributed by atoms with Crippen LogP contribution in [-0.4, -0.2) is 38.8 Å². The lowest BCUT2D eigenvalue weighted by atomic mass is 10.0. The van der Waals surface area contributed by atoms with Gasteiger partial charge >= 0.3 is 0 Å². The van der Waals surface area contributed by atoms with Gasteiger partial charge in [0.15, 0.2) is 0 Å². The first-order chi connectivity index (χ1) is 13.6. The van der Waals surface area contributed by atoms with Crippen molar-refractivity contribution in [3.63, 3.8) is 0 Å². The van der Waals surface area contributed by atoms with Gasteiger partial charge in [-0.25, -0.2) is 9.37 Å². The first kappa shape index (κ1) is 18.0. The van der Waals surface area contributed by atoms with E-state index in [4.69, 9.17) is 0 Å². The SMILES string of the molecule is O=C(Cc1cccc(F)c1)N1CCC(c2cc(=O)[nH]c(-c3ccncc3)n2)C1. The van der Waals surface area contributed by atoms with Crippen LogP contribution >= 0.6 is 0 Å². The second-order valence-electron chi connectivity index (χ2n) is 6.89. The van der Waals surface area contributed by atoms with Crippen molar-refractivity contribution in [1.29, 1.82) is 0 Å². The van der Waals surface area contributed by atoms with Gasteiger partial charge in [0.25, 0.3) is 5.56 Å². The zero-order chi connectivity index (χ0) is 19.5. The van der Waals surface area contributed by atoms with Crippen LogP contribution in [0.1, 0.15) is 23.6 Å². The molecule has 4 rings (SSSR count). The largest absolute Gasteiger partial charge is 0.342 e. The van der Waals surface area contributed by atoms with E-state index in [0.717, 1.165) is 12.0 Å². The van der Waals surface area contributed by atoms with E-state index in [0.29, 0.717) is 30.2 Å². The number of likely N-dealkylation sites (tertiary alicyclic amines) is 1. The van der Waals surface area contributed by atoms with Gasteiger partial charge in [-0.3, -0.25) is 14.6 Å². The Balaban J connectivity index is 1.49. The summed E-state index contributed by atoms with van der Waals surface area (Å²) in [6, 6.07) is 11.1. The fourth-order valence-electron chi connectivity index (χ4n) is 3.49. The number of pyridine rings is 1. The lowest BCUT2D eigenvalue weighted by Crippen LogP contribution is -2.30. The van der Waals surface area contributed by atoms with Crippen LogP contribution in [0.15, 0.2) is 59.7 Å². The molecule has 1 fully saturated rings. The molecule has 2 aromatic heterocycles. The number of hydrogen-bond donors (Lipinski definition) is 1. The molecule has 7 heteroatoms. The normalized spacial score (nSPS) is 16.3. The maximum absolute atomic E-state index is 13.3. The maximum atomic E-state index is 13.3. The van der Waals surface area contributed by atoms with Crippen LogP contribution in [0.25, 0.3) is 11.4 Å². The lowest BCUT2D eigenvalue weighted by molar-refractivity contribution is -0.129. The molecular formula is C21H19FN4O2. The third kappa shape index (κ3) is 3.98. The predicted molar refractivity (Wildman–Crippen MR) is 102 cm³/mol. The summed E-state index contributed by atoms with van der Waals surface area (Å²) >= 11 is 0. The van der Waals surface area contributed by atoms with Gasteiger partial charge in [0.05, 0.1) is 12.1 Å². The van der Waals surface area contributed by atoms with Crippen LogP contribution in [0.2, 0.25) is 0 Å². The van der Waals surface area contributed by atoms with E-state index < -0.39 is 0 Å². The first-order valence-electron chi connectivity index (χ1n) is 9.12. The van der Waals surface area contributed by atoms with Gasteiger partial charge in [0.2, 0.25) is 5.91 Å². The van der Waals surface area contributed by atoms with Crippen molar-refractivity contribution in [3.05, 3.63) is 82.3 Å². The zero-order valence-electron chi connectivity index (χ0n) is 15.1. The number of H-pyrrole nitrogens is 1. The van der Waals surface area contributed by atoms with E-state index in [2.05, 4.69) is 15.0 Å². The molecule has 1 amide bonds. The van der Waals surface area contributed by atoms with Crippen LogP contribution in [0.3, 0.4) is 0 Å². The fourth-order valence-corrected chi connectivity index (χ4v) is 3.49. The van der Waals surface area contributed by atoms with Gasteiger partial charge in [0, 0.05) is 43.0 Å². The third-order valence-electron chi connectivity index (χ3n) is 4.92. The highest BCUT2D eigenvalue weighted by Crippen LogP contribution is 2.27. The molecule has 1 N–H and O–H groups in total. The number of aromatic nitrogens is 3. The Labute approximate surface area is 161 Å². The van der Waals surface area contributed by atoms with Crippen LogP contribution in [-0.2, 0) is 11.2 Å². The molecule has 0 aliphatic carbocycles. The minimum Gasteiger partial charge on any atom is -0.342 e. The van der Waals surface area contributed by atoms with Crippen LogP contribution in [0.4, 0.5) is 4.39 Å². The number of amides is 1. The van der Waals surface area contributed by atoms with Crippen molar-refractivity contribution in [2.24, 2.45) is 0 Å². The molecular weight excluding hydrogens is 359 g/mol. The van der Waals surface area contributed by atoms with Gasteiger partial charge in [-0.15, -0.1) is 0 Å². The molecule has 1 unspecified atom stereocenters. The van der Waals surface area contributed by atoms with E-state index in [1.165, 1.54) is 18.2 Å². The molecule has 0 bridgehead atoms. The molecule has 1 aromatic carbocycles. The molecule has 0 spiro atoms. The number of carbonyl (C=O) groups excluding carboxylic acids is 1. The van der Waals surface area contributed by atoms with Crippen LogP contribution < -0.4 is 5.56 Å². The van der Waals surface area contributed by atoms with Crippen molar-refractivity contribution in [3.8, 4) is 11.4 Å². The van der Waals surface area contributed by atoms with Crippen molar-refractivity contribution >= 4 is 5.91 Å². The number of rotatable bonds is 4. The minimum atomic E-state index is -0.346. The van der Waals surface area contributed by atoms with Gasteiger partial charge in [-0.2, -0.15) is 0 Å². The van der Waals surface area contributed by atoms with Gasteiger partial charge in [-0.1, -0.05) is 12.1 Å². The molecule has 6 nitrogen and oxygen atoms in total. The van der Waals surface area contributed by atoms with Crippen molar-refractivity contribution in [1.82, 2.24) is 19.9 Å². The summed E-state index contributed by atoms with van der Waals surface area (Å²) in [6.45, 7) is 1.10. The average Bonchev–Trinajstić information content (AvgIpc) is 3.19. The number of hydrogen-bond acceptors (Lipinski definition) is 4. The van der Waals surface area contributed by atoms with Crippen molar-refractivity contribution < 1.29 is 9.18 Å². The second kappa shape index (κ2) is 7.72. The Morgan fingerprint density at radius 1 is 1.21 bits per heavy atom. The van der Waals surface area contributed by atoms with E-state index in [1.807, 2.05) is 0 Å². The molecule has 3 heterocycles. The zero-order valence-corrected chi connectivity index (χ0v) is 15.1. The fraction of sp³-hybridized carbons (Fsp3) is 0.238. The molecule has 1 aliphatic rings. The third-order valence-corrected chi connectivity index (χ3v) is 4.92. The summed E-state index contributed by atoms with van der Waals surface area (Å²) in [6.07, 6.45) is 4.19. The number of halogens is 1. The van der Waals surface area contributed by atoms with E-state index in [9.17, 15) is 14.0 Å². The second-order valence-corrected chi connectivity index (χ2v) is 6.89. The Hall–Kier alpha value is -3.35. The summed E-state index contributed by atoms with van der Waals surface area (Å²) in [5.41, 5.74) is 1.90. The molecule has 1 atom stereocenters. The summed E-state index contributed by atoms with van der Waals surface area (Å²) < 4.78 is 13.3. The van der Waals surface area contributed by atoms with Gasteiger partial charge in [0.1, 0.15) is 11.6 Å². The molecule has 142 valence electrons. The summed E-state index contributed by atoms with van der Waals surface area (Å²) in [5, 5.41) is 0. The highest BCUT2D eigenvalue weighted by atomic mass is 19.1. The summed E-state index contributed by atoms with van der Waals surface area (Å²) in [5.74, 6) is 0.0991. The lowest BCUT2D eigenvalue weighted by Gasteiger charge is -2.17. The molecule has 1 saturated heterocycles. The van der Waals surface area contributed by atoms with Gasteiger partial charge < -0.3 is 9.88 Å². The Morgan fingerprint density at radius 2 is 2.04 bits per heavy atom. The Kier molecular flexibility index (Phi) is 4.97. The highest BCUT2D eigenvalue weighted by molar-refractivity contribution is 5.79. The summed E-state index contributed by atoms with van der Waals surface area (Å²) in [4.78, 5) is 37.8. The summed E-state index contributed by atoms with van der Waals surface area (Å²) in [7, 11) is 0. The smallest absolute Gasteiger partial charge is 0.251 e. The molecule has 28 heavy (non-hydrogen) atoms. The number of benzene rings is 1. The topological polar surface area (TPSA) is 79.0 Å². The number of nitrogens with zero attached hydrogens (tertiary/aromatic N) is 3. The molecule has 3 aromatic rings. The number of carbonyl (C=O) groups is 1. The van der Waals surface area contributed by atoms with Crippen LogP contribution in [0.5, 0.6) is 0 Å². The van der Waals surface area contributed by atoms with Crippen molar-refractivity contribution in [2.45, 2.75) is 18.8 Å². The minimum absolute atomic E-state index is 0.000605. The standard InChI is InChI=1S/C21H19FN4O2/c22-17-3-1-2-14(10-17)11-20(28)26-9-6-16(13-26)18-12-19(27)25-21(24-18)15-4-7-23-8-5-15/h1-5,7-8,10,12,16H,6,9,11,13H2,(H,24,25,27). The monoisotopic (exact) mass is 378 g/mol. The Morgan fingerprint density at radius 3 is 2.82 bits per heavy atom.